The van der Waals surface area contributed by atoms with Crippen LogP contribution in [0.25, 0.3) is 0 Å². The molecule has 0 aliphatic heterocycles. The van der Waals surface area contributed by atoms with E-state index in [9.17, 15) is 14.7 Å². The van der Waals surface area contributed by atoms with Gasteiger partial charge in [0.05, 0.1) is 25.4 Å². The second-order valence-electron chi connectivity index (χ2n) is 4.84. The Labute approximate surface area is 160 Å². The minimum Gasteiger partial charge on any atom is -0.872 e. The molecule has 0 fully saturated rings. The SMILES string of the molecule is O=C(NCC(O)CO)c1cc([O-])cc(C(=O)NCC(O)CO)c1.[Na+]. The van der Waals surface area contributed by atoms with Gasteiger partial charge in [0.25, 0.3) is 11.8 Å². The van der Waals surface area contributed by atoms with Crippen molar-refractivity contribution in [1.82, 2.24) is 10.6 Å². The van der Waals surface area contributed by atoms with E-state index < -0.39 is 43.0 Å². The molecule has 10 heteroatoms. The number of aliphatic hydroxyl groups is 4. The Morgan fingerprint density at radius 3 is 1.62 bits per heavy atom. The monoisotopic (exact) mass is 350 g/mol. The maximum atomic E-state index is 11.9. The second kappa shape index (κ2) is 11.4. The van der Waals surface area contributed by atoms with E-state index in [0.717, 1.165) is 12.1 Å². The van der Waals surface area contributed by atoms with E-state index in [2.05, 4.69) is 10.6 Å². The fraction of sp³-hybridized carbons (Fsp3) is 0.429. The summed E-state index contributed by atoms with van der Waals surface area (Å²) in [6, 6.07) is 3.24. The second-order valence-corrected chi connectivity index (χ2v) is 4.84. The normalized spacial score (nSPS) is 12.7. The molecule has 0 aliphatic rings. The van der Waals surface area contributed by atoms with Crippen LogP contribution in [0.3, 0.4) is 0 Å². The molecule has 2 amide bonds. The van der Waals surface area contributed by atoms with Gasteiger partial charge < -0.3 is 36.2 Å². The molecule has 0 bridgehead atoms. The molecule has 128 valence electrons. The molecule has 0 saturated carbocycles. The van der Waals surface area contributed by atoms with Crippen LogP contribution in [0.4, 0.5) is 0 Å². The van der Waals surface area contributed by atoms with Gasteiger partial charge in [-0.2, -0.15) is 0 Å². The first-order chi connectivity index (χ1) is 10.9. The van der Waals surface area contributed by atoms with Crippen molar-refractivity contribution in [2.24, 2.45) is 0 Å². The van der Waals surface area contributed by atoms with Crippen LogP contribution >= 0.6 is 0 Å². The molecule has 0 radical (unpaired) electrons. The van der Waals surface area contributed by atoms with E-state index in [1.165, 1.54) is 6.07 Å². The minimum atomic E-state index is -1.13. The zero-order valence-corrected chi connectivity index (χ0v) is 15.2. The third-order valence-electron chi connectivity index (χ3n) is 2.85. The molecule has 2 atom stereocenters. The summed E-state index contributed by atoms with van der Waals surface area (Å²) in [6.45, 7) is -1.46. The van der Waals surface area contributed by atoms with Crippen LogP contribution in [0.15, 0.2) is 18.2 Å². The third-order valence-corrected chi connectivity index (χ3v) is 2.85. The quantitative estimate of drug-likeness (QED) is 0.254. The number of carbonyl (C=O) groups excluding carboxylic acids is 2. The first-order valence-corrected chi connectivity index (χ1v) is 6.83. The van der Waals surface area contributed by atoms with E-state index in [1.54, 1.807) is 0 Å². The van der Waals surface area contributed by atoms with Crippen molar-refractivity contribution in [3.05, 3.63) is 29.3 Å². The van der Waals surface area contributed by atoms with Crippen molar-refractivity contribution in [1.29, 1.82) is 0 Å². The van der Waals surface area contributed by atoms with Crippen molar-refractivity contribution in [3.8, 4) is 5.75 Å². The molecule has 0 aliphatic carbocycles. The van der Waals surface area contributed by atoms with Gasteiger partial charge in [0, 0.05) is 24.2 Å². The van der Waals surface area contributed by atoms with E-state index in [4.69, 9.17) is 20.4 Å². The fourth-order valence-corrected chi connectivity index (χ4v) is 1.62. The number of rotatable bonds is 8. The number of hydrogen-bond donors (Lipinski definition) is 6. The molecule has 1 aromatic carbocycles. The fourth-order valence-electron chi connectivity index (χ4n) is 1.62. The Balaban J connectivity index is 0.00000529. The number of benzene rings is 1. The molecule has 0 spiro atoms. The van der Waals surface area contributed by atoms with Gasteiger partial charge >= 0.3 is 29.6 Å². The first kappa shape index (κ1) is 22.8. The van der Waals surface area contributed by atoms with Crippen LogP contribution in [0.2, 0.25) is 0 Å². The Bertz CT molecular complexity index is 512. The van der Waals surface area contributed by atoms with Crippen molar-refractivity contribution in [2.75, 3.05) is 26.3 Å². The van der Waals surface area contributed by atoms with E-state index in [-0.39, 0.29) is 53.8 Å². The average Bonchev–Trinajstić information content (AvgIpc) is 2.55. The van der Waals surface area contributed by atoms with E-state index >= 15 is 0 Å². The van der Waals surface area contributed by atoms with Crippen LogP contribution in [0, 0.1) is 0 Å². The molecule has 2 unspecified atom stereocenters. The molecule has 6 N–H and O–H groups in total. The van der Waals surface area contributed by atoms with E-state index in [0.29, 0.717) is 0 Å². The number of amides is 2. The summed E-state index contributed by atoms with van der Waals surface area (Å²) in [5.41, 5.74) is -0.147. The maximum Gasteiger partial charge on any atom is 1.00 e. The molecular formula is C14H19N2NaO7. The molecule has 24 heavy (non-hydrogen) atoms. The van der Waals surface area contributed by atoms with Crippen molar-refractivity contribution >= 4 is 11.8 Å². The van der Waals surface area contributed by atoms with Crippen LogP contribution in [0.5, 0.6) is 5.75 Å². The van der Waals surface area contributed by atoms with Gasteiger partial charge in [-0.25, -0.2) is 0 Å². The van der Waals surface area contributed by atoms with Gasteiger partial charge in [0.15, 0.2) is 0 Å². The summed E-state index contributed by atoms with van der Waals surface area (Å²) in [6.07, 6.45) is -2.26. The topological polar surface area (TPSA) is 162 Å². The Kier molecular flexibility index (Phi) is 10.8. The first-order valence-electron chi connectivity index (χ1n) is 6.83. The molecule has 1 aromatic rings. The Morgan fingerprint density at radius 2 is 1.29 bits per heavy atom. The number of aliphatic hydroxyl groups excluding tert-OH is 4. The molecule has 9 nitrogen and oxygen atoms in total. The molecule has 0 aromatic heterocycles. The molecular weight excluding hydrogens is 331 g/mol. The van der Waals surface area contributed by atoms with Crippen LogP contribution < -0.4 is 45.3 Å². The standard InChI is InChI=1S/C14H20N2O7.Na/c17-6-11(20)4-15-13(22)8-1-9(3-10(19)2-8)14(23)16-5-12(21)7-18;/h1-3,11-12,17-21H,4-7H2,(H,15,22)(H,16,23);/q;+1/p-1. The summed E-state index contributed by atoms with van der Waals surface area (Å²) in [7, 11) is 0. The Hall–Kier alpha value is -1.20. The smallest absolute Gasteiger partial charge is 0.872 e. The van der Waals surface area contributed by atoms with Gasteiger partial charge in [0.2, 0.25) is 0 Å². The van der Waals surface area contributed by atoms with Crippen molar-refractivity contribution in [3.63, 3.8) is 0 Å². The zero-order chi connectivity index (χ0) is 17.4. The van der Waals surface area contributed by atoms with Crippen LogP contribution in [0.1, 0.15) is 20.7 Å². The summed E-state index contributed by atoms with van der Waals surface area (Å²) >= 11 is 0. The molecule has 0 heterocycles. The largest absolute Gasteiger partial charge is 1.00 e. The van der Waals surface area contributed by atoms with E-state index in [1.807, 2.05) is 0 Å². The van der Waals surface area contributed by atoms with Gasteiger partial charge in [-0.3, -0.25) is 9.59 Å². The van der Waals surface area contributed by atoms with Gasteiger partial charge in [-0.05, 0) is 6.07 Å². The van der Waals surface area contributed by atoms with Crippen molar-refractivity contribution < 1.29 is 64.7 Å². The van der Waals surface area contributed by atoms with Gasteiger partial charge in [-0.15, -0.1) is 5.75 Å². The third kappa shape index (κ3) is 7.58. The zero-order valence-electron chi connectivity index (χ0n) is 13.2. The summed E-state index contributed by atoms with van der Waals surface area (Å²) in [4.78, 5) is 23.7. The number of carbonyl (C=O) groups is 2. The van der Waals surface area contributed by atoms with Crippen LogP contribution in [-0.4, -0.2) is 70.8 Å². The van der Waals surface area contributed by atoms with Gasteiger partial charge in [0.1, 0.15) is 0 Å². The average molecular weight is 350 g/mol. The predicted octanol–water partition coefficient (Wildman–Crippen LogP) is -6.07. The molecule has 0 saturated heterocycles. The summed E-state index contributed by atoms with van der Waals surface area (Å²) in [5.74, 6) is -1.92. The van der Waals surface area contributed by atoms with Crippen LogP contribution in [-0.2, 0) is 0 Å². The summed E-state index contributed by atoms with van der Waals surface area (Å²) in [5, 5.41) is 51.8. The molecule has 1 rings (SSSR count). The van der Waals surface area contributed by atoms with Crippen molar-refractivity contribution in [2.45, 2.75) is 12.2 Å². The maximum absolute atomic E-state index is 11.9. The minimum absolute atomic E-state index is 0. The van der Waals surface area contributed by atoms with Gasteiger partial charge in [-0.1, -0.05) is 12.1 Å². The number of hydrogen-bond acceptors (Lipinski definition) is 7. The summed E-state index contributed by atoms with van der Waals surface area (Å²) < 4.78 is 0. The number of nitrogens with one attached hydrogen (secondary N) is 2. The predicted molar refractivity (Wildman–Crippen MR) is 76.7 cm³/mol. The Morgan fingerprint density at radius 1 is 0.917 bits per heavy atom.